The Kier molecular flexibility index (Phi) is 5.00. The zero-order valence-electron chi connectivity index (χ0n) is 15.0. The van der Waals surface area contributed by atoms with Gasteiger partial charge in [-0.05, 0) is 54.4 Å². The maximum Gasteiger partial charge on any atom is 0.417 e. The molecular formula is C21H20ClF3N2O. The molecule has 148 valence electrons. The minimum absolute atomic E-state index is 0.0981. The van der Waals surface area contributed by atoms with Gasteiger partial charge in [0.2, 0.25) is 0 Å². The van der Waals surface area contributed by atoms with Crippen LogP contribution in [-0.4, -0.2) is 24.0 Å². The van der Waals surface area contributed by atoms with Crippen molar-refractivity contribution in [3.8, 4) is 0 Å². The predicted molar refractivity (Wildman–Crippen MR) is 102 cm³/mol. The summed E-state index contributed by atoms with van der Waals surface area (Å²) in [6.45, 7) is 1.28. The molecule has 28 heavy (non-hydrogen) atoms. The third-order valence-corrected chi connectivity index (χ3v) is 6.16. The summed E-state index contributed by atoms with van der Waals surface area (Å²) in [4.78, 5) is 14.3. The van der Waals surface area contributed by atoms with E-state index in [4.69, 9.17) is 11.6 Å². The van der Waals surface area contributed by atoms with Crippen LogP contribution in [0.15, 0.2) is 48.5 Å². The van der Waals surface area contributed by atoms with Crippen LogP contribution in [0.2, 0.25) is 5.02 Å². The molecule has 2 aromatic carbocycles. The number of likely N-dealkylation sites (tertiary alicyclic amines) is 1. The molecule has 2 fully saturated rings. The van der Waals surface area contributed by atoms with Crippen molar-refractivity contribution in [2.24, 2.45) is 11.8 Å². The number of amides is 2. The fraction of sp³-hybridized carbons (Fsp3) is 0.381. The number of fused-ring (bicyclic) bond motifs is 1. The van der Waals surface area contributed by atoms with Crippen LogP contribution >= 0.6 is 11.6 Å². The second-order valence-corrected chi connectivity index (χ2v) is 8.03. The normalized spacial score (nSPS) is 24.3. The first-order chi connectivity index (χ1) is 13.3. The molecule has 1 aliphatic heterocycles. The van der Waals surface area contributed by atoms with E-state index in [0.717, 1.165) is 25.0 Å². The molecule has 3 atom stereocenters. The summed E-state index contributed by atoms with van der Waals surface area (Å²) in [5.41, 5.74) is 0.491. The van der Waals surface area contributed by atoms with Gasteiger partial charge in [0.15, 0.2) is 0 Å². The van der Waals surface area contributed by atoms with E-state index in [2.05, 4.69) is 17.4 Å². The van der Waals surface area contributed by atoms with Crippen LogP contribution in [0.25, 0.3) is 0 Å². The van der Waals surface area contributed by atoms with Gasteiger partial charge in [-0.25, -0.2) is 4.79 Å². The largest absolute Gasteiger partial charge is 0.417 e. The Labute approximate surface area is 166 Å². The van der Waals surface area contributed by atoms with Crippen LogP contribution in [0.5, 0.6) is 0 Å². The Morgan fingerprint density at radius 3 is 2.29 bits per heavy atom. The van der Waals surface area contributed by atoms with Crippen LogP contribution in [-0.2, 0) is 6.18 Å². The average molecular weight is 409 g/mol. The van der Waals surface area contributed by atoms with Crippen LogP contribution in [0.4, 0.5) is 23.7 Å². The van der Waals surface area contributed by atoms with Gasteiger partial charge < -0.3 is 10.2 Å². The first-order valence-corrected chi connectivity index (χ1v) is 9.66. The highest BCUT2D eigenvalue weighted by molar-refractivity contribution is 6.31. The Hall–Kier alpha value is -2.21. The Morgan fingerprint density at radius 1 is 1.04 bits per heavy atom. The van der Waals surface area contributed by atoms with E-state index in [1.165, 1.54) is 11.6 Å². The SMILES string of the molecule is O=C(Nc1ccc(Cl)c(C(F)(F)F)c1)N1C[C@H]2CC(c3ccccc3)C[C@H]2C1. The highest BCUT2D eigenvalue weighted by Gasteiger charge is 2.42. The smallest absolute Gasteiger partial charge is 0.324 e. The summed E-state index contributed by atoms with van der Waals surface area (Å²) in [5, 5.41) is 2.20. The van der Waals surface area contributed by atoms with Gasteiger partial charge in [-0.2, -0.15) is 13.2 Å². The molecule has 2 aromatic rings. The first-order valence-electron chi connectivity index (χ1n) is 9.29. The first kappa shape index (κ1) is 19.1. The van der Waals surface area contributed by atoms with Crippen LogP contribution in [0.3, 0.4) is 0 Å². The number of carbonyl (C=O) groups is 1. The van der Waals surface area contributed by atoms with Gasteiger partial charge in [-0.1, -0.05) is 41.9 Å². The summed E-state index contributed by atoms with van der Waals surface area (Å²) >= 11 is 5.63. The van der Waals surface area contributed by atoms with E-state index in [9.17, 15) is 18.0 Å². The van der Waals surface area contributed by atoms with Crippen molar-refractivity contribution < 1.29 is 18.0 Å². The van der Waals surface area contributed by atoms with Crippen LogP contribution < -0.4 is 5.32 Å². The molecular weight excluding hydrogens is 389 g/mol. The number of rotatable bonds is 2. The van der Waals surface area contributed by atoms with E-state index in [-0.39, 0.29) is 16.7 Å². The topological polar surface area (TPSA) is 32.3 Å². The van der Waals surface area contributed by atoms with Crippen molar-refractivity contribution in [3.05, 3.63) is 64.7 Å². The van der Waals surface area contributed by atoms with E-state index >= 15 is 0 Å². The van der Waals surface area contributed by atoms with E-state index < -0.39 is 11.7 Å². The summed E-state index contributed by atoms with van der Waals surface area (Å²) in [5.74, 6) is 1.39. The molecule has 1 saturated heterocycles. The standard InChI is InChI=1S/C21H20ClF3N2O/c22-19-7-6-17(10-18(19)21(23,24)25)26-20(28)27-11-15-8-14(9-16(15)12-27)13-4-2-1-3-5-13/h1-7,10,14-16H,8-9,11-12H2,(H,26,28)/t14?,15-,16+. The number of nitrogens with one attached hydrogen (secondary N) is 1. The highest BCUT2D eigenvalue weighted by atomic mass is 35.5. The molecule has 0 bridgehead atoms. The van der Waals surface area contributed by atoms with Gasteiger partial charge in [0.1, 0.15) is 0 Å². The Bertz CT molecular complexity index is 858. The number of nitrogens with zero attached hydrogens (tertiary/aromatic N) is 1. The number of benzene rings is 2. The van der Waals surface area contributed by atoms with Crippen LogP contribution in [0.1, 0.15) is 29.9 Å². The summed E-state index contributed by atoms with van der Waals surface area (Å²) in [6.07, 6.45) is -2.48. The fourth-order valence-electron chi connectivity index (χ4n) is 4.49. The summed E-state index contributed by atoms with van der Waals surface area (Å²) < 4.78 is 39.0. The second-order valence-electron chi connectivity index (χ2n) is 7.63. The molecule has 0 spiro atoms. The van der Waals surface area contributed by atoms with Crippen LogP contribution in [0, 0.1) is 11.8 Å². The van der Waals surface area contributed by atoms with E-state index in [1.54, 1.807) is 4.90 Å². The molecule has 1 aliphatic carbocycles. The molecule has 1 saturated carbocycles. The lowest BCUT2D eigenvalue weighted by Crippen LogP contribution is -2.34. The van der Waals surface area contributed by atoms with Gasteiger partial charge in [0, 0.05) is 18.8 Å². The zero-order valence-corrected chi connectivity index (χ0v) is 15.8. The average Bonchev–Trinajstić information content (AvgIpc) is 3.22. The van der Waals surface area contributed by atoms with Gasteiger partial charge in [-0.3, -0.25) is 0 Å². The van der Waals surface area contributed by atoms with Crippen molar-refractivity contribution >= 4 is 23.3 Å². The summed E-state index contributed by atoms with van der Waals surface area (Å²) in [6, 6.07) is 13.5. The molecule has 0 radical (unpaired) electrons. The summed E-state index contributed by atoms with van der Waals surface area (Å²) in [7, 11) is 0. The van der Waals surface area contributed by atoms with Gasteiger partial charge in [-0.15, -0.1) is 0 Å². The van der Waals surface area contributed by atoms with Crippen molar-refractivity contribution in [1.82, 2.24) is 4.90 Å². The van der Waals surface area contributed by atoms with Crippen molar-refractivity contribution in [3.63, 3.8) is 0 Å². The third-order valence-electron chi connectivity index (χ3n) is 5.83. The molecule has 4 rings (SSSR count). The van der Waals surface area contributed by atoms with E-state index in [1.807, 2.05) is 18.2 Å². The third kappa shape index (κ3) is 3.83. The van der Waals surface area contributed by atoms with Crippen molar-refractivity contribution in [1.29, 1.82) is 0 Å². The highest BCUT2D eigenvalue weighted by Crippen LogP contribution is 2.46. The number of anilines is 1. The molecule has 2 amide bonds. The lowest BCUT2D eigenvalue weighted by Gasteiger charge is -2.20. The van der Waals surface area contributed by atoms with Gasteiger partial charge in [0.25, 0.3) is 0 Å². The quantitative estimate of drug-likeness (QED) is 0.647. The minimum atomic E-state index is -4.56. The zero-order chi connectivity index (χ0) is 19.9. The fourth-order valence-corrected chi connectivity index (χ4v) is 4.71. The number of hydrogen-bond donors (Lipinski definition) is 1. The van der Waals surface area contributed by atoms with Crippen molar-refractivity contribution in [2.75, 3.05) is 18.4 Å². The maximum atomic E-state index is 13.0. The molecule has 1 unspecified atom stereocenters. The Balaban J connectivity index is 1.38. The molecule has 3 nitrogen and oxygen atoms in total. The molecule has 2 aliphatic rings. The number of halogens is 4. The number of hydrogen-bond acceptors (Lipinski definition) is 1. The number of carbonyl (C=O) groups excluding carboxylic acids is 1. The predicted octanol–water partition coefficient (Wildman–Crippen LogP) is 6.02. The van der Waals surface area contributed by atoms with Gasteiger partial charge >= 0.3 is 12.2 Å². The molecule has 1 heterocycles. The second kappa shape index (κ2) is 7.32. The van der Waals surface area contributed by atoms with Crippen molar-refractivity contribution in [2.45, 2.75) is 24.9 Å². The van der Waals surface area contributed by atoms with Gasteiger partial charge in [0.05, 0.1) is 10.6 Å². The van der Waals surface area contributed by atoms with E-state index in [0.29, 0.717) is 30.8 Å². The molecule has 1 N–H and O–H groups in total. The maximum absolute atomic E-state index is 13.0. The lowest BCUT2D eigenvalue weighted by atomic mass is 9.96. The lowest BCUT2D eigenvalue weighted by molar-refractivity contribution is -0.137. The monoisotopic (exact) mass is 408 g/mol. The Morgan fingerprint density at radius 2 is 1.68 bits per heavy atom. The molecule has 7 heteroatoms. The molecule has 0 aromatic heterocycles. The number of alkyl halides is 3. The minimum Gasteiger partial charge on any atom is -0.324 e. The number of urea groups is 1.